The normalized spacial score (nSPS) is 28.5. The summed E-state index contributed by atoms with van der Waals surface area (Å²) in [5, 5.41) is 0. The van der Waals surface area contributed by atoms with Gasteiger partial charge in [0.15, 0.2) is 0 Å². The molecule has 1 nitrogen and oxygen atoms in total. The fraction of sp³-hybridized carbons (Fsp3) is 0.630. The van der Waals surface area contributed by atoms with Crippen molar-refractivity contribution in [3.05, 3.63) is 60.2 Å². The minimum atomic E-state index is 0.706. The molecule has 1 aromatic carbocycles. The molecule has 0 N–H and O–H groups in total. The first kappa shape index (κ1) is 21.4. The molecule has 2 aliphatic carbocycles. The van der Waals surface area contributed by atoms with Gasteiger partial charge in [-0.1, -0.05) is 55.3 Å². The Hall–Kier alpha value is -1.34. The van der Waals surface area contributed by atoms with Gasteiger partial charge >= 0.3 is 0 Å². The lowest BCUT2D eigenvalue weighted by molar-refractivity contribution is 0.148. The molecular weight excluding hydrogens is 340 g/mol. The standard InChI is InChI=1S/C27H40O/c1-3-5-20-28-21-25-14-18-27(19-15-25)26-16-12-24(13-17-26)11-10-23-8-6-22(4-2)7-9-23/h3-5,14-15,18-19,22-24,26H,2,6-13,16-17,20-21H2,1H3/b5-3+. The minimum absolute atomic E-state index is 0.706. The molecule has 1 heteroatoms. The number of benzene rings is 1. The molecule has 0 radical (unpaired) electrons. The average Bonchev–Trinajstić information content (AvgIpc) is 2.76. The Morgan fingerprint density at radius 2 is 1.50 bits per heavy atom. The van der Waals surface area contributed by atoms with Crippen LogP contribution < -0.4 is 0 Å². The highest BCUT2D eigenvalue weighted by molar-refractivity contribution is 5.25. The van der Waals surface area contributed by atoms with E-state index in [1.165, 1.54) is 69.8 Å². The second-order valence-electron chi connectivity index (χ2n) is 9.14. The van der Waals surface area contributed by atoms with E-state index in [1.807, 2.05) is 13.0 Å². The van der Waals surface area contributed by atoms with Gasteiger partial charge in [-0.2, -0.15) is 0 Å². The molecule has 2 aliphatic rings. The van der Waals surface area contributed by atoms with Crippen molar-refractivity contribution in [2.75, 3.05) is 6.61 Å². The van der Waals surface area contributed by atoms with Gasteiger partial charge in [0.05, 0.1) is 13.2 Å². The Labute approximate surface area is 173 Å². The van der Waals surface area contributed by atoms with E-state index in [1.54, 1.807) is 5.56 Å². The van der Waals surface area contributed by atoms with Crippen LogP contribution in [0.1, 0.15) is 88.2 Å². The topological polar surface area (TPSA) is 9.23 Å². The van der Waals surface area contributed by atoms with Gasteiger partial charge in [-0.25, -0.2) is 0 Å². The van der Waals surface area contributed by atoms with Crippen LogP contribution in [0.15, 0.2) is 49.1 Å². The summed E-state index contributed by atoms with van der Waals surface area (Å²) < 4.78 is 5.66. The highest BCUT2D eigenvalue weighted by Gasteiger charge is 2.24. The molecule has 1 aromatic rings. The van der Waals surface area contributed by atoms with Gasteiger partial charge in [-0.15, -0.1) is 6.58 Å². The van der Waals surface area contributed by atoms with Crippen LogP contribution in [0.2, 0.25) is 0 Å². The number of ether oxygens (including phenoxy) is 1. The number of rotatable bonds is 9. The van der Waals surface area contributed by atoms with Crippen LogP contribution in [0, 0.1) is 17.8 Å². The quantitative estimate of drug-likeness (QED) is 0.313. The number of hydrogen-bond acceptors (Lipinski definition) is 1. The summed E-state index contributed by atoms with van der Waals surface area (Å²) >= 11 is 0. The lowest BCUT2D eigenvalue weighted by atomic mass is 9.74. The maximum atomic E-state index is 5.66. The molecule has 28 heavy (non-hydrogen) atoms. The Kier molecular flexibility index (Phi) is 8.86. The van der Waals surface area contributed by atoms with Crippen molar-refractivity contribution in [3.63, 3.8) is 0 Å². The fourth-order valence-electron chi connectivity index (χ4n) is 5.20. The third kappa shape index (κ3) is 6.62. The third-order valence-electron chi connectivity index (χ3n) is 7.22. The molecule has 0 aromatic heterocycles. The monoisotopic (exact) mass is 380 g/mol. The van der Waals surface area contributed by atoms with Crippen molar-refractivity contribution >= 4 is 0 Å². The van der Waals surface area contributed by atoms with Crippen LogP contribution in [0.25, 0.3) is 0 Å². The first-order valence-electron chi connectivity index (χ1n) is 11.7. The number of hydrogen-bond donors (Lipinski definition) is 0. The Bertz CT molecular complexity index is 583. The second kappa shape index (κ2) is 11.6. The molecule has 2 saturated carbocycles. The molecule has 0 spiro atoms. The summed E-state index contributed by atoms with van der Waals surface area (Å²) in [5.74, 6) is 3.55. The summed E-state index contributed by atoms with van der Waals surface area (Å²) in [6.45, 7) is 7.43. The molecule has 0 heterocycles. The Morgan fingerprint density at radius 3 is 2.07 bits per heavy atom. The van der Waals surface area contributed by atoms with Gasteiger partial charge in [0.25, 0.3) is 0 Å². The Balaban J connectivity index is 1.35. The van der Waals surface area contributed by atoms with E-state index >= 15 is 0 Å². The van der Waals surface area contributed by atoms with Gasteiger partial charge in [-0.3, -0.25) is 0 Å². The molecule has 154 valence electrons. The molecule has 0 atom stereocenters. The molecule has 0 bridgehead atoms. The summed E-state index contributed by atoms with van der Waals surface area (Å²) in [6.07, 6.45) is 20.5. The van der Waals surface area contributed by atoms with E-state index in [9.17, 15) is 0 Å². The summed E-state index contributed by atoms with van der Waals surface area (Å²) in [4.78, 5) is 0. The van der Waals surface area contributed by atoms with E-state index in [-0.39, 0.29) is 0 Å². The van der Waals surface area contributed by atoms with E-state index in [0.29, 0.717) is 13.2 Å². The second-order valence-corrected chi connectivity index (χ2v) is 9.14. The number of allylic oxidation sites excluding steroid dienone is 2. The molecular formula is C27H40O. The van der Waals surface area contributed by atoms with E-state index < -0.39 is 0 Å². The molecule has 3 rings (SSSR count). The lowest BCUT2D eigenvalue weighted by Gasteiger charge is -2.31. The smallest absolute Gasteiger partial charge is 0.0721 e. The lowest BCUT2D eigenvalue weighted by Crippen LogP contribution is -2.17. The predicted molar refractivity (Wildman–Crippen MR) is 120 cm³/mol. The van der Waals surface area contributed by atoms with Crippen molar-refractivity contribution in [3.8, 4) is 0 Å². The zero-order valence-corrected chi connectivity index (χ0v) is 18.0. The van der Waals surface area contributed by atoms with Crippen LogP contribution in [0.4, 0.5) is 0 Å². The summed E-state index contributed by atoms with van der Waals surface area (Å²) in [6, 6.07) is 9.21. The first-order valence-corrected chi connectivity index (χ1v) is 11.7. The van der Waals surface area contributed by atoms with Gasteiger partial charge < -0.3 is 4.74 Å². The average molecular weight is 381 g/mol. The zero-order valence-electron chi connectivity index (χ0n) is 18.0. The van der Waals surface area contributed by atoms with Gasteiger partial charge in [0, 0.05) is 0 Å². The fourth-order valence-corrected chi connectivity index (χ4v) is 5.20. The maximum absolute atomic E-state index is 5.66. The van der Waals surface area contributed by atoms with Crippen molar-refractivity contribution in [2.45, 2.75) is 83.7 Å². The van der Waals surface area contributed by atoms with Crippen molar-refractivity contribution in [1.29, 1.82) is 0 Å². The van der Waals surface area contributed by atoms with Crippen LogP contribution in [-0.2, 0) is 11.3 Å². The molecule has 2 fully saturated rings. The summed E-state index contributed by atoms with van der Waals surface area (Å²) in [7, 11) is 0. The van der Waals surface area contributed by atoms with Crippen LogP contribution in [-0.4, -0.2) is 6.61 Å². The Morgan fingerprint density at radius 1 is 0.893 bits per heavy atom. The molecule has 0 aliphatic heterocycles. The van der Waals surface area contributed by atoms with Gasteiger partial charge in [0.1, 0.15) is 0 Å². The minimum Gasteiger partial charge on any atom is -0.373 e. The van der Waals surface area contributed by atoms with E-state index in [0.717, 1.165) is 23.7 Å². The first-order chi connectivity index (χ1) is 13.8. The zero-order chi connectivity index (χ0) is 19.6. The highest BCUT2D eigenvalue weighted by atomic mass is 16.5. The van der Waals surface area contributed by atoms with Crippen molar-refractivity contribution in [1.82, 2.24) is 0 Å². The van der Waals surface area contributed by atoms with Crippen molar-refractivity contribution < 1.29 is 4.74 Å². The predicted octanol–water partition coefficient (Wildman–Crippen LogP) is 7.83. The third-order valence-corrected chi connectivity index (χ3v) is 7.22. The molecule has 0 amide bonds. The van der Waals surface area contributed by atoms with Crippen LogP contribution >= 0.6 is 0 Å². The largest absolute Gasteiger partial charge is 0.373 e. The van der Waals surface area contributed by atoms with Crippen molar-refractivity contribution in [2.24, 2.45) is 17.8 Å². The van der Waals surface area contributed by atoms with Crippen LogP contribution in [0.5, 0.6) is 0 Å². The molecule has 0 unspecified atom stereocenters. The highest BCUT2D eigenvalue weighted by Crippen LogP contribution is 2.39. The van der Waals surface area contributed by atoms with E-state index in [4.69, 9.17) is 4.74 Å². The summed E-state index contributed by atoms with van der Waals surface area (Å²) in [5.41, 5.74) is 2.83. The molecule has 0 saturated heterocycles. The SMILES string of the molecule is C=CC1CCC(CCC2CCC(c3ccc(COC/C=C/C)cc3)CC2)CC1. The van der Waals surface area contributed by atoms with E-state index in [2.05, 4.69) is 43.0 Å². The maximum Gasteiger partial charge on any atom is 0.0721 e. The van der Waals surface area contributed by atoms with Crippen LogP contribution in [0.3, 0.4) is 0 Å². The van der Waals surface area contributed by atoms with Gasteiger partial charge in [-0.05, 0) is 93.1 Å². The van der Waals surface area contributed by atoms with Gasteiger partial charge in [0.2, 0.25) is 0 Å².